The number of rotatable bonds is 5. The van der Waals surface area contributed by atoms with E-state index in [1.165, 1.54) is 24.2 Å². The molecule has 9 heteroatoms. The van der Waals surface area contributed by atoms with Crippen LogP contribution in [0.1, 0.15) is 25.5 Å². The number of nitrogens with one attached hydrogen (secondary N) is 2. The molecule has 1 aliphatic heterocycles. The molecule has 2 amide bonds. The van der Waals surface area contributed by atoms with E-state index in [2.05, 4.69) is 37.4 Å². The van der Waals surface area contributed by atoms with Crippen LogP contribution >= 0.6 is 23.7 Å². The monoisotopic (exact) mass is 444 g/mol. The van der Waals surface area contributed by atoms with Gasteiger partial charge < -0.3 is 0 Å². The van der Waals surface area contributed by atoms with Crippen molar-refractivity contribution in [3.8, 4) is 10.6 Å². The molecule has 0 atom stereocenters. The van der Waals surface area contributed by atoms with E-state index < -0.39 is 0 Å². The Morgan fingerprint density at radius 3 is 2.60 bits per heavy atom. The molecule has 4 rings (SSSR count). The van der Waals surface area contributed by atoms with E-state index in [-0.39, 0.29) is 18.4 Å². The maximum absolute atomic E-state index is 12.3. The zero-order valence-electron chi connectivity index (χ0n) is 16.7. The highest BCUT2D eigenvalue weighted by Gasteiger charge is 2.16. The van der Waals surface area contributed by atoms with Crippen LogP contribution in [0, 0.1) is 5.92 Å². The highest BCUT2D eigenvalue weighted by atomic mass is 35.5. The smallest absolute Gasteiger partial charge is 0.297 e. The van der Waals surface area contributed by atoms with Gasteiger partial charge >= 0.3 is 6.03 Å². The lowest BCUT2D eigenvalue weighted by molar-refractivity contribution is 0.183. The Kier molecular flexibility index (Phi) is 7.73. The summed E-state index contributed by atoms with van der Waals surface area (Å²) in [6.45, 7) is 5.32. The zero-order valence-corrected chi connectivity index (χ0v) is 18.4. The number of halogens is 1. The summed E-state index contributed by atoms with van der Waals surface area (Å²) in [5.41, 5.74) is 1.94. The molecule has 0 spiro atoms. The second-order valence-corrected chi connectivity index (χ2v) is 8.18. The molecule has 158 valence electrons. The van der Waals surface area contributed by atoms with Crippen molar-refractivity contribution < 1.29 is 4.79 Å². The van der Waals surface area contributed by atoms with Crippen LogP contribution in [0.5, 0.6) is 0 Å². The Morgan fingerprint density at radius 1 is 1.10 bits per heavy atom. The lowest BCUT2D eigenvalue weighted by atomic mass is 9.99. The SMILES string of the molecule is CC1CCN(Cc2cccc(NC(=O)Nc3csc(-c4ccncc4)n3)n2)CC1.Cl. The van der Waals surface area contributed by atoms with Crippen LogP contribution in [0.15, 0.2) is 48.1 Å². The van der Waals surface area contributed by atoms with Gasteiger partial charge in [0.15, 0.2) is 0 Å². The first kappa shape index (κ1) is 22.1. The van der Waals surface area contributed by atoms with Gasteiger partial charge in [0.2, 0.25) is 0 Å². The van der Waals surface area contributed by atoms with E-state index in [1.807, 2.05) is 29.6 Å². The average molecular weight is 445 g/mol. The molecule has 0 aromatic carbocycles. The van der Waals surface area contributed by atoms with E-state index >= 15 is 0 Å². The van der Waals surface area contributed by atoms with Crippen LogP contribution in [0.4, 0.5) is 16.4 Å². The first-order valence-corrected chi connectivity index (χ1v) is 10.7. The third-order valence-electron chi connectivity index (χ3n) is 4.98. The molecule has 4 heterocycles. The van der Waals surface area contributed by atoms with E-state index in [0.29, 0.717) is 11.6 Å². The number of aromatic nitrogens is 3. The predicted molar refractivity (Wildman–Crippen MR) is 123 cm³/mol. The number of carbonyl (C=O) groups is 1. The van der Waals surface area contributed by atoms with Gasteiger partial charge in [0, 0.05) is 29.9 Å². The zero-order chi connectivity index (χ0) is 20.1. The lowest BCUT2D eigenvalue weighted by Crippen LogP contribution is -2.32. The number of hydrogen-bond donors (Lipinski definition) is 2. The van der Waals surface area contributed by atoms with E-state index in [1.54, 1.807) is 18.5 Å². The molecule has 7 nitrogen and oxygen atoms in total. The highest BCUT2D eigenvalue weighted by Crippen LogP contribution is 2.25. The van der Waals surface area contributed by atoms with Crippen LogP contribution in [-0.2, 0) is 6.54 Å². The molecular formula is C21H25ClN6OS. The van der Waals surface area contributed by atoms with Crippen LogP contribution < -0.4 is 10.6 Å². The molecule has 0 aliphatic carbocycles. The molecule has 1 fully saturated rings. The summed E-state index contributed by atoms with van der Waals surface area (Å²) in [7, 11) is 0. The van der Waals surface area contributed by atoms with Crippen molar-refractivity contribution >= 4 is 41.4 Å². The Morgan fingerprint density at radius 2 is 1.83 bits per heavy atom. The van der Waals surface area contributed by atoms with E-state index in [9.17, 15) is 4.79 Å². The number of nitrogens with zero attached hydrogens (tertiary/aromatic N) is 4. The molecule has 0 saturated carbocycles. The molecule has 0 unspecified atom stereocenters. The fraction of sp³-hybridized carbons (Fsp3) is 0.333. The average Bonchev–Trinajstić information content (AvgIpc) is 3.19. The summed E-state index contributed by atoms with van der Waals surface area (Å²) in [5.74, 6) is 1.86. The maximum Gasteiger partial charge on any atom is 0.326 e. The summed E-state index contributed by atoms with van der Waals surface area (Å²) < 4.78 is 0. The second-order valence-electron chi connectivity index (χ2n) is 7.33. The fourth-order valence-electron chi connectivity index (χ4n) is 3.31. The number of thiazole rings is 1. The number of amides is 2. The van der Waals surface area contributed by atoms with Crippen LogP contribution in [0.25, 0.3) is 10.6 Å². The first-order chi connectivity index (χ1) is 14.2. The Bertz CT molecular complexity index is 959. The van der Waals surface area contributed by atoms with Crippen LogP contribution in [-0.4, -0.2) is 39.0 Å². The molecular weight excluding hydrogens is 420 g/mol. The van der Waals surface area contributed by atoms with Gasteiger partial charge in [0.05, 0.1) is 5.69 Å². The van der Waals surface area contributed by atoms with Gasteiger partial charge in [0.1, 0.15) is 16.6 Å². The maximum atomic E-state index is 12.3. The Balaban J connectivity index is 0.00000256. The van der Waals surface area contributed by atoms with Crippen molar-refractivity contribution in [3.05, 3.63) is 53.8 Å². The normalized spacial score (nSPS) is 14.7. The predicted octanol–water partition coefficient (Wildman–Crippen LogP) is 4.90. The van der Waals surface area contributed by atoms with Gasteiger partial charge in [-0.3, -0.25) is 20.5 Å². The number of likely N-dealkylation sites (tertiary alicyclic amines) is 1. The third kappa shape index (κ3) is 5.98. The second kappa shape index (κ2) is 10.5. The minimum atomic E-state index is -0.354. The van der Waals surface area contributed by atoms with Crippen molar-refractivity contribution in [2.24, 2.45) is 5.92 Å². The standard InChI is InChI=1S/C21H24N6OS.ClH/c1-15-7-11-27(12-8-15)13-17-3-2-4-18(23-17)25-21(28)26-19-14-29-20(24-19)16-5-9-22-10-6-16;/h2-6,9-10,14-15H,7-8,11-13H2,1H3,(H2,23,25,26,28);1H. The quantitative estimate of drug-likeness (QED) is 0.584. The van der Waals surface area contributed by atoms with Gasteiger partial charge in [-0.25, -0.2) is 14.8 Å². The van der Waals surface area contributed by atoms with Gasteiger partial charge in [-0.2, -0.15) is 0 Å². The van der Waals surface area contributed by atoms with Gasteiger partial charge in [-0.05, 0) is 56.1 Å². The van der Waals surface area contributed by atoms with Crippen molar-refractivity contribution in [2.45, 2.75) is 26.3 Å². The number of anilines is 2. The highest BCUT2D eigenvalue weighted by molar-refractivity contribution is 7.13. The third-order valence-corrected chi connectivity index (χ3v) is 5.87. The molecule has 3 aromatic heterocycles. The molecule has 0 bridgehead atoms. The number of hydrogen-bond acceptors (Lipinski definition) is 6. The first-order valence-electron chi connectivity index (χ1n) is 9.78. The van der Waals surface area contributed by atoms with E-state index in [4.69, 9.17) is 0 Å². The van der Waals surface area contributed by atoms with Crippen LogP contribution in [0.2, 0.25) is 0 Å². The van der Waals surface area contributed by atoms with Crippen molar-refractivity contribution in [3.63, 3.8) is 0 Å². The topological polar surface area (TPSA) is 83.0 Å². The van der Waals surface area contributed by atoms with Gasteiger partial charge in [-0.1, -0.05) is 13.0 Å². The number of piperidine rings is 1. The largest absolute Gasteiger partial charge is 0.326 e. The van der Waals surface area contributed by atoms with E-state index in [0.717, 1.165) is 41.8 Å². The Hall–Kier alpha value is -2.55. The summed E-state index contributed by atoms with van der Waals surface area (Å²) >= 11 is 1.47. The molecule has 1 aliphatic rings. The number of pyridine rings is 2. The minimum absolute atomic E-state index is 0. The number of carbonyl (C=O) groups excluding carboxylic acids is 1. The minimum Gasteiger partial charge on any atom is -0.297 e. The number of urea groups is 1. The summed E-state index contributed by atoms with van der Waals surface area (Å²) in [6, 6.07) is 9.15. The van der Waals surface area contributed by atoms with Gasteiger partial charge in [-0.15, -0.1) is 23.7 Å². The fourth-order valence-corrected chi connectivity index (χ4v) is 4.07. The van der Waals surface area contributed by atoms with Crippen molar-refractivity contribution in [2.75, 3.05) is 23.7 Å². The van der Waals surface area contributed by atoms with Crippen molar-refractivity contribution in [1.82, 2.24) is 19.9 Å². The van der Waals surface area contributed by atoms with Crippen LogP contribution in [0.3, 0.4) is 0 Å². The summed E-state index contributed by atoms with van der Waals surface area (Å²) in [4.78, 5) is 27.8. The lowest BCUT2D eigenvalue weighted by Gasteiger charge is -2.29. The molecule has 3 aromatic rings. The summed E-state index contributed by atoms with van der Waals surface area (Å²) in [6.07, 6.45) is 5.91. The Labute approximate surface area is 186 Å². The molecule has 1 saturated heterocycles. The molecule has 0 radical (unpaired) electrons. The van der Waals surface area contributed by atoms with Gasteiger partial charge in [0.25, 0.3) is 0 Å². The van der Waals surface area contributed by atoms with Crippen molar-refractivity contribution in [1.29, 1.82) is 0 Å². The molecule has 30 heavy (non-hydrogen) atoms. The molecule has 2 N–H and O–H groups in total. The summed E-state index contributed by atoms with van der Waals surface area (Å²) in [5, 5.41) is 8.22.